The Balaban J connectivity index is 2.98. The first-order valence-corrected chi connectivity index (χ1v) is 4.06. The van der Waals surface area contributed by atoms with Gasteiger partial charge in [-0.25, -0.2) is 9.78 Å². The fourth-order valence-corrected chi connectivity index (χ4v) is 0.917. The molecule has 0 saturated carbocycles. The van der Waals surface area contributed by atoms with E-state index in [4.69, 9.17) is 5.11 Å². The summed E-state index contributed by atoms with van der Waals surface area (Å²) in [7, 11) is 1.87. The van der Waals surface area contributed by atoms with E-state index < -0.39 is 5.97 Å². The highest BCUT2D eigenvalue weighted by atomic mass is 16.4. The van der Waals surface area contributed by atoms with E-state index >= 15 is 0 Å². The van der Waals surface area contributed by atoms with Crippen molar-refractivity contribution in [3.05, 3.63) is 23.9 Å². The highest BCUT2D eigenvalue weighted by Crippen LogP contribution is 2.08. The predicted octanol–water partition coefficient (Wildman–Crippen LogP) is 1.24. The van der Waals surface area contributed by atoms with E-state index in [-0.39, 0.29) is 5.69 Å². The van der Waals surface area contributed by atoms with E-state index in [2.05, 4.69) is 4.98 Å². The second-order valence-electron chi connectivity index (χ2n) is 2.70. The molecule has 0 aliphatic heterocycles. The van der Waals surface area contributed by atoms with Gasteiger partial charge in [0.2, 0.25) is 0 Å². The minimum Gasteiger partial charge on any atom is -0.477 e. The Morgan fingerprint density at radius 3 is 2.85 bits per heavy atom. The van der Waals surface area contributed by atoms with Crippen molar-refractivity contribution >= 4 is 11.8 Å². The maximum Gasteiger partial charge on any atom is 0.354 e. The maximum absolute atomic E-state index is 10.6. The van der Waals surface area contributed by atoms with Crippen LogP contribution in [0.3, 0.4) is 0 Å². The Morgan fingerprint density at radius 1 is 1.62 bits per heavy atom. The van der Waals surface area contributed by atoms with Gasteiger partial charge in [0.15, 0.2) is 5.69 Å². The summed E-state index contributed by atoms with van der Waals surface area (Å²) in [5, 5.41) is 8.68. The van der Waals surface area contributed by atoms with E-state index in [1.165, 1.54) is 6.07 Å². The standard InChI is InChI=1S/C9H12N2O2/c1-3-11(2)8-6-4-5-7(10-8)9(12)13/h4-6H,3H2,1-2H3,(H,12,13). The molecule has 1 aromatic rings. The SMILES string of the molecule is CCN(C)c1cccc(C(=O)O)n1. The molecule has 13 heavy (non-hydrogen) atoms. The van der Waals surface area contributed by atoms with Crippen molar-refractivity contribution in [3.63, 3.8) is 0 Å². The van der Waals surface area contributed by atoms with Crippen molar-refractivity contribution in [1.29, 1.82) is 0 Å². The zero-order valence-corrected chi connectivity index (χ0v) is 7.69. The Labute approximate surface area is 76.8 Å². The first kappa shape index (κ1) is 9.51. The van der Waals surface area contributed by atoms with Crippen LogP contribution in [0.2, 0.25) is 0 Å². The number of carboxylic acid groups (broad SMARTS) is 1. The van der Waals surface area contributed by atoms with Crippen molar-refractivity contribution in [1.82, 2.24) is 4.98 Å². The van der Waals surface area contributed by atoms with E-state index in [0.717, 1.165) is 6.54 Å². The van der Waals surface area contributed by atoms with Crippen molar-refractivity contribution in [3.8, 4) is 0 Å². The third kappa shape index (κ3) is 2.18. The molecule has 0 aromatic carbocycles. The number of aromatic carboxylic acids is 1. The average Bonchev–Trinajstić information content (AvgIpc) is 2.17. The molecule has 0 spiro atoms. The van der Waals surface area contributed by atoms with E-state index in [9.17, 15) is 4.79 Å². The Hall–Kier alpha value is -1.58. The number of rotatable bonds is 3. The quantitative estimate of drug-likeness (QED) is 0.760. The van der Waals surface area contributed by atoms with Crippen molar-refractivity contribution in [2.75, 3.05) is 18.5 Å². The lowest BCUT2D eigenvalue weighted by Crippen LogP contribution is -2.18. The van der Waals surface area contributed by atoms with Crippen LogP contribution in [0.15, 0.2) is 18.2 Å². The zero-order chi connectivity index (χ0) is 9.84. The van der Waals surface area contributed by atoms with Crippen molar-refractivity contribution < 1.29 is 9.90 Å². The third-order valence-electron chi connectivity index (χ3n) is 1.82. The van der Waals surface area contributed by atoms with Crippen molar-refractivity contribution in [2.24, 2.45) is 0 Å². The second-order valence-corrected chi connectivity index (χ2v) is 2.70. The molecule has 0 radical (unpaired) electrons. The molecule has 0 fully saturated rings. The maximum atomic E-state index is 10.6. The van der Waals surface area contributed by atoms with Gasteiger partial charge in [-0.2, -0.15) is 0 Å². The number of aromatic nitrogens is 1. The average molecular weight is 180 g/mol. The van der Waals surface area contributed by atoms with Crippen LogP contribution in [-0.4, -0.2) is 29.7 Å². The molecule has 4 heteroatoms. The van der Waals surface area contributed by atoms with Crippen LogP contribution in [-0.2, 0) is 0 Å². The van der Waals surface area contributed by atoms with Gasteiger partial charge in [0.05, 0.1) is 0 Å². The molecular formula is C9H12N2O2. The Bertz CT molecular complexity index is 312. The van der Waals surface area contributed by atoms with Crippen LogP contribution >= 0.6 is 0 Å². The smallest absolute Gasteiger partial charge is 0.354 e. The number of hydrogen-bond acceptors (Lipinski definition) is 3. The van der Waals surface area contributed by atoms with E-state index in [1.807, 2.05) is 18.9 Å². The summed E-state index contributed by atoms with van der Waals surface area (Å²) < 4.78 is 0. The van der Waals surface area contributed by atoms with Crippen LogP contribution in [0.5, 0.6) is 0 Å². The van der Waals surface area contributed by atoms with Gasteiger partial charge in [-0.05, 0) is 19.1 Å². The molecule has 70 valence electrons. The normalized spacial score (nSPS) is 9.69. The van der Waals surface area contributed by atoms with Crippen LogP contribution in [0, 0.1) is 0 Å². The van der Waals surface area contributed by atoms with E-state index in [0.29, 0.717) is 5.82 Å². The van der Waals surface area contributed by atoms with Gasteiger partial charge in [-0.15, -0.1) is 0 Å². The van der Waals surface area contributed by atoms with Crippen LogP contribution in [0.25, 0.3) is 0 Å². The number of carbonyl (C=O) groups is 1. The molecular weight excluding hydrogens is 168 g/mol. The number of hydrogen-bond donors (Lipinski definition) is 1. The van der Waals surface area contributed by atoms with Gasteiger partial charge in [-0.3, -0.25) is 0 Å². The van der Waals surface area contributed by atoms with Gasteiger partial charge in [0.25, 0.3) is 0 Å². The summed E-state index contributed by atoms with van der Waals surface area (Å²) in [5.74, 6) is -0.311. The molecule has 1 rings (SSSR count). The molecule has 0 atom stereocenters. The topological polar surface area (TPSA) is 53.4 Å². The minimum absolute atomic E-state index is 0.0813. The molecule has 0 amide bonds. The summed E-state index contributed by atoms with van der Waals surface area (Å²) in [6, 6.07) is 4.96. The lowest BCUT2D eigenvalue weighted by molar-refractivity contribution is 0.0690. The Kier molecular flexibility index (Phi) is 2.84. The molecule has 0 aliphatic rings. The highest BCUT2D eigenvalue weighted by molar-refractivity contribution is 5.85. The van der Waals surface area contributed by atoms with Gasteiger partial charge in [0, 0.05) is 13.6 Å². The van der Waals surface area contributed by atoms with Crippen LogP contribution < -0.4 is 4.90 Å². The van der Waals surface area contributed by atoms with Crippen LogP contribution in [0.1, 0.15) is 17.4 Å². The zero-order valence-electron chi connectivity index (χ0n) is 7.69. The lowest BCUT2D eigenvalue weighted by Gasteiger charge is -2.15. The first-order valence-electron chi connectivity index (χ1n) is 4.06. The van der Waals surface area contributed by atoms with Gasteiger partial charge in [-0.1, -0.05) is 6.07 Å². The monoisotopic (exact) mass is 180 g/mol. The summed E-state index contributed by atoms with van der Waals surface area (Å²) in [6.45, 7) is 2.78. The van der Waals surface area contributed by atoms with Crippen LogP contribution in [0.4, 0.5) is 5.82 Å². The molecule has 1 N–H and O–H groups in total. The number of anilines is 1. The van der Waals surface area contributed by atoms with Crippen molar-refractivity contribution in [2.45, 2.75) is 6.92 Å². The molecule has 0 saturated heterocycles. The summed E-state index contributed by atoms with van der Waals surface area (Å²) >= 11 is 0. The third-order valence-corrected chi connectivity index (χ3v) is 1.82. The molecule has 4 nitrogen and oxygen atoms in total. The summed E-state index contributed by atoms with van der Waals surface area (Å²) in [6.07, 6.45) is 0. The molecule has 0 unspecified atom stereocenters. The van der Waals surface area contributed by atoms with E-state index in [1.54, 1.807) is 12.1 Å². The first-order chi connectivity index (χ1) is 6.15. The van der Waals surface area contributed by atoms with Gasteiger partial charge in [0.1, 0.15) is 5.82 Å². The number of pyridine rings is 1. The highest BCUT2D eigenvalue weighted by Gasteiger charge is 2.06. The number of nitrogens with zero attached hydrogens (tertiary/aromatic N) is 2. The minimum atomic E-state index is -0.994. The molecule has 0 bridgehead atoms. The van der Waals surface area contributed by atoms with Gasteiger partial charge >= 0.3 is 5.97 Å². The summed E-state index contributed by atoms with van der Waals surface area (Å²) in [4.78, 5) is 16.4. The fourth-order valence-electron chi connectivity index (χ4n) is 0.917. The number of carboxylic acids is 1. The predicted molar refractivity (Wildman–Crippen MR) is 50.1 cm³/mol. The molecule has 1 heterocycles. The molecule has 1 aromatic heterocycles. The Morgan fingerprint density at radius 2 is 2.31 bits per heavy atom. The molecule has 0 aliphatic carbocycles. The second kappa shape index (κ2) is 3.89. The summed E-state index contributed by atoms with van der Waals surface area (Å²) in [5.41, 5.74) is 0.0813. The fraction of sp³-hybridized carbons (Fsp3) is 0.333. The lowest BCUT2D eigenvalue weighted by atomic mass is 10.3. The largest absolute Gasteiger partial charge is 0.477 e. The van der Waals surface area contributed by atoms with Gasteiger partial charge < -0.3 is 10.0 Å².